The number of carbonyl (C=O) groups is 2. The third-order valence-corrected chi connectivity index (χ3v) is 4.99. The van der Waals surface area contributed by atoms with Gasteiger partial charge in [-0.2, -0.15) is 11.8 Å². The van der Waals surface area contributed by atoms with Crippen LogP contribution in [0.25, 0.3) is 0 Å². The molecule has 2 atom stereocenters. The molecule has 0 aliphatic carbocycles. The minimum Gasteiger partial charge on any atom is -0.340 e. The third kappa shape index (κ3) is 5.13. The Morgan fingerprint density at radius 1 is 1.46 bits per heavy atom. The van der Waals surface area contributed by atoms with Crippen molar-refractivity contribution in [3.8, 4) is 0 Å². The minimum absolute atomic E-state index is 0.0159. The number of thioether (sulfide) groups is 1. The zero-order valence-corrected chi connectivity index (χ0v) is 15.6. The second-order valence-corrected chi connectivity index (χ2v) is 7.32. The molecule has 0 bridgehead atoms. The molecular weight excluding hydrogens is 346 g/mol. The normalized spacial score (nSPS) is 19.0. The standard InChI is InChI=1S/C17H24ClN3O2S/c1-12-11-21(9-8-19-12)17(23)15(7-10-24-2)20-16(22)13-5-3-4-6-14(13)18/h3-6,12,15,19H,7-11H2,1-2H3,(H,20,22). The summed E-state index contributed by atoms with van der Waals surface area (Å²) in [6.07, 6.45) is 2.60. The van der Waals surface area contributed by atoms with Gasteiger partial charge in [0.1, 0.15) is 6.04 Å². The van der Waals surface area contributed by atoms with Crippen LogP contribution in [-0.4, -0.2) is 60.4 Å². The van der Waals surface area contributed by atoms with E-state index in [1.807, 2.05) is 11.2 Å². The Kier molecular flexibility index (Phi) is 7.40. The van der Waals surface area contributed by atoms with Crippen molar-refractivity contribution < 1.29 is 9.59 Å². The Labute approximate surface area is 152 Å². The zero-order chi connectivity index (χ0) is 17.5. The molecule has 132 valence electrons. The van der Waals surface area contributed by atoms with Gasteiger partial charge in [-0.1, -0.05) is 23.7 Å². The van der Waals surface area contributed by atoms with Crippen molar-refractivity contribution in [2.75, 3.05) is 31.6 Å². The van der Waals surface area contributed by atoms with Gasteiger partial charge >= 0.3 is 0 Å². The number of halogens is 1. The Balaban J connectivity index is 2.08. The van der Waals surface area contributed by atoms with Crippen molar-refractivity contribution in [3.05, 3.63) is 34.9 Å². The van der Waals surface area contributed by atoms with Crippen LogP contribution in [0.1, 0.15) is 23.7 Å². The molecule has 1 aliphatic rings. The molecule has 2 unspecified atom stereocenters. The minimum atomic E-state index is -0.522. The van der Waals surface area contributed by atoms with Crippen LogP contribution in [0.15, 0.2) is 24.3 Å². The van der Waals surface area contributed by atoms with Gasteiger partial charge in [-0.25, -0.2) is 0 Å². The van der Waals surface area contributed by atoms with Crippen molar-refractivity contribution in [2.45, 2.75) is 25.4 Å². The predicted octanol–water partition coefficient (Wildman–Crippen LogP) is 2.01. The summed E-state index contributed by atoms with van der Waals surface area (Å²) >= 11 is 7.75. The number of piperazine rings is 1. The smallest absolute Gasteiger partial charge is 0.253 e. The average Bonchev–Trinajstić information content (AvgIpc) is 2.58. The van der Waals surface area contributed by atoms with Gasteiger partial charge in [0.05, 0.1) is 10.6 Å². The molecule has 1 fully saturated rings. The van der Waals surface area contributed by atoms with E-state index >= 15 is 0 Å². The van der Waals surface area contributed by atoms with E-state index in [-0.39, 0.29) is 17.9 Å². The highest BCUT2D eigenvalue weighted by atomic mass is 35.5. The Morgan fingerprint density at radius 2 is 2.21 bits per heavy atom. The van der Waals surface area contributed by atoms with Crippen molar-refractivity contribution in [3.63, 3.8) is 0 Å². The number of amides is 2. The zero-order valence-electron chi connectivity index (χ0n) is 14.0. The van der Waals surface area contributed by atoms with Gasteiger partial charge in [0, 0.05) is 25.7 Å². The first-order valence-electron chi connectivity index (χ1n) is 8.09. The second-order valence-electron chi connectivity index (χ2n) is 5.93. The number of nitrogens with one attached hydrogen (secondary N) is 2. The van der Waals surface area contributed by atoms with E-state index in [1.54, 1.807) is 36.0 Å². The maximum absolute atomic E-state index is 12.8. The molecule has 0 aromatic heterocycles. The van der Waals surface area contributed by atoms with E-state index in [2.05, 4.69) is 17.6 Å². The molecule has 2 N–H and O–H groups in total. The number of rotatable bonds is 6. The highest BCUT2D eigenvalue weighted by Crippen LogP contribution is 2.16. The van der Waals surface area contributed by atoms with Gasteiger partial charge in [0.25, 0.3) is 5.91 Å². The van der Waals surface area contributed by atoms with Crippen LogP contribution in [0.4, 0.5) is 0 Å². The molecule has 1 aromatic carbocycles. The van der Waals surface area contributed by atoms with Crippen LogP contribution >= 0.6 is 23.4 Å². The molecule has 1 aliphatic heterocycles. The molecule has 1 aromatic rings. The van der Waals surface area contributed by atoms with Crippen LogP contribution in [-0.2, 0) is 4.79 Å². The summed E-state index contributed by atoms with van der Waals surface area (Å²) in [6.45, 7) is 4.16. The lowest BCUT2D eigenvalue weighted by Gasteiger charge is -2.34. The van der Waals surface area contributed by atoms with Gasteiger partial charge < -0.3 is 15.5 Å². The van der Waals surface area contributed by atoms with E-state index in [4.69, 9.17) is 11.6 Å². The van der Waals surface area contributed by atoms with Crippen molar-refractivity contribution in [2.24, 2.45) is 0 Å². The summed E-state index contributed by atoms with van der Waals surface area (Å²) < 4.78 is 0. The molecule has 1 heterocycles. The maximum atomic E-state index is 12.8. The molecule has 24 heavy (non-hydrogen) atoms. The lowest BCUT2D eigenvalue weighted by Crippen LogP contribution is -2.56. The maximum Gasteiger partial charge on any atom is 0.253 e. The quantitative estimate of drug-likeness (QED) is 0.805. The fraction of sp³-hybridized carbons (Fsp3) is 0.529. The molecule has 1 saturated heterocycles. The molecule has 2 amide bonds. The summed E-state index contributed by atoms with van der Waals surface area (Å²) in [5, 5.41) is 6.58. The van der Waals surface area contributed by atoms with Crippen molar-refractivity contribution in [1.82, 2.24) is 15.5 Å². The van der Waals surface area contributed by atoms with Crippen LogP contribution in [0.2, 0.25) is 5.02 Å². The fourth-order valence-corrected chi connectivity index (χ4v) is 3.42. The summed E-state index contributed by atoms with van der Waals surface area (Å²) in [6, 6.07) is 6.62. The van der Waals surface area contributed by atoms with E-state index in [1.165, 1.54) is 0 Å². The van der Waals surface area contributed by atoms with Crippen molar-refractivity contribution >= 4 is 35.2 Å². The first-order chi connectivity index (χ1) is 11.5. The third-order valence-electron chi connectivity index (χ3n) is 4.01. The highest BCUT2D eigenvalue weighted by Gasteiger charge is 2.28. The first-order valence-corrected chi connectivity index (χ1v) is 9.86. The molecular formula is C17H24ClN3O2S. The topological polar surface area (TPSA) is 61.4 Å². The summed E-state index contributed by atoms with van der Waals surface area (Å²) in [5.41, 5.74) is 0.398. The van der Waals surface area contributed by atoms with Gasteiger partial charge in [-0.05, 0) is 37.5 Å². The monoisotopic (exact) mass is 369 g/mol. The van der Waals surface area contributed by atoms with Gasteiger partial charge in [-0.15, -0.1) is 0 Å². The molecule has 5 nitrogen and oxygen atoms in total. The molecule has 0 spiro atoms. The predicted molar refractivity (Wildman–Crippen MR) is 99.7 cm³/mol. The fourth-order valence-electron chi connectivity index (χ4n) is 2.73. The van der Waals surface area contributed by atoms with Gasteiger partial charge in [0.15, 0.2) is 0 Å². The lowest BCUT2D eigenvalue weighted by molar-refractivity contribution is -0.134. The van der Waals surface area contributed by atoms with Gasteiger partial charge in [0.2, 0.25) is 5.91 Å². The Hall–Kier alpha value is -1.24. The van der Waals surface area contributed by atoms with Crippen LogP contribution in [0, 0.1) is 0 Å². The Bertz CT molecular complexity index is 585. The largest absolute Gasteiger partial charge is 0.340 e. The van der Waals surface area contributed by atoms with Crippen LogP contribution in [0.5, 0.6) is 0 Å². The highest BCUT2D eigenvalue weighted by molar-refractivity contribution is 7.98. The number of hydrogen-bond donors (Lipinski definition) is 2. The van der Waals surface area contributed by atoms with Crippen LogP contribution < -0.4 is 10.6 Å². The van der Waals surface area contributed by atoms with E-state index in [9.17, 15) is 9.59 Å². The summed E-state index contributed by atoms with van der Waals surface area (Å²) in [5.74, 6) is 0.488. The Morgan fingerprint density at radius 3 is 2.88 bits per heavy atom. The average molecular weight is 370 g/mol. The summed E-state index contributed by atoms with van der Waals surface area (Å²) in [7, 11) is 0. The van der Waals surface area contributed by atoms with E-state index in [0.717, 1.165) is 12.3 Å². The van der Waals surface area contributed by atoms with E-state index in [0.29, 0.717) is 30.1 Å². The van der Waals surface area contributed by atoms with Gasteiger partial charge in [-0.3, -0.25) is 9.59 Å². The van der Waals surface area contributed by atoms with Crippen LogP contribution in [0.3, 0.4) is 0 Å². The van der Waals surface area contributed by atoms with E-state index < -0.39 is 6.04 Å². The number of benzene rings is 1. The second kappa shape index (κ2) is 9.30. The van der Waals surface area contributed by atoms with Crippen molar-refractivity contribution in [1.29, 1.82) is 0 Å². The molecule has 7 heteroatoms. The summed E-state index contributed by atoms with van der Waals surface area (Å²) in [4.78, 5) is 27.2. The number of carbonyl (C=O) groups excluding carboxylic acids is 2. The molecule has 2 rings (SSSR count). The molecule has 0 saturated carbocycles. The number of hydrogen-bond acceptors (Lipinski definition) is 4. The molecule has 0 radical (unpaired) electrons. The lowest BCUT2D eigenvalue weighted by atomic mass is 10.1. The SMILES string of the molecule is CSCCC(NC(=O)c1ccccc1Cl)C(=O)N1CCNC(C)C1. The first kappa shape index (κ1) is 19.1. The number of nitrogens with zero attached hydrogens (tertiary/aromatic N) is 1.